The normalized spacial score (nSPS) is 19.3. The van der Waals surface area contributed by atoms with Crippen molar-refractivity contribution in [2.45, 2.75) is 19.4 Å². The van der Waals surface area contributed by atoms with E-state index in [2.05, 4.69) is 22.0 Å². The number of ether oxygens (including phenoxy) is 1. The average molecular weight is 310 g/mol. The summed E-state index contributed by atoms with van der Waals surface area (Å²) in [6.07, 6.45) is 1.06. The molecule has 1 fully saturated rings. The van der Waals surface area contributed by atoms with Crippen molar-refractivity contribution in [1.29, 1.82) is 0 Å². The highest BCUT2D eigenvalue weighted by Crippen LogP contribution is 2.24. The Labute approximate surface area is 127 Å². The molecule has 1 aromatic heterocycles. The molecule has 1 aliphatic rings. The zero-order valence-electron chi connectivity index (χ0n) is 11.3. The number of rotatable bonds is 3. The molecule has 2 aromatic rings. The van der Waals surface area contributed by atoms with Crippen LogP contribution >= 0.6 is 22.9 Å². The standard InChI is InChI=1S/C14H16ClN3OS/c1-10-9-18(6-7-19-10)14-17-16-13(20-14)8-11-2-4-12(15)5-3-11/h2-5,10H,6-9H2,1H3/t10-/m1/s1. The summed E-state index contributed by atoms with van der Waals surface area (Å²) in [4.78, 5) is 2.25. The van der Waals surface area contributed by atoms with Gasteiger partial charge in [0.1, 0.15) is 5.01 Å². The van der Waals surface area contributed by atoms with Gasteiger partial charge >= 0.3 is 0 Å². The first-order valence-corrected chi connectivity index (χ1v) is 7.83. The van der Waals surface area contributed by atoms with Crippen molar-refractivity contribution in [2.24, 2.45) is 0 Å². The molecular weight excluding hydrogens is 294 g/mol. The summed E-state index contributed by atoms with van der Waals surface area (Å²) in [6.45, 7) is 4.62. The monoisotopic (exact) mass is 309 g/mol. The highest BCUT2D eigenvalue weighted by atomic mass is 35.5. The van der Waals surface area contributed by atoms with Crippen molar-refractivity contribution >= 4 is 28.1 Å². The first-order valence-electron chi connectivity index (χ1n) is 6.64. The number of aromatic nitrogens is 2. The first kappa shape index (κ1) is 13.8. The Kier molecular flexibility index (Phi) is 4.19. The van der Waals surface area contributed by atoms with Crippen LogP contribution in [0.15, 0.2) is 24.3 Å². The fraction of sp³-hybridized carbons (Fsp3) is 0.429. The fourth-order valence-corrected chi connectivity index (χ4v) is 3.25. The van der Waals surface area contributed by atoms with E-state index in [9.17, 15) is 0 Å². The maximum absolute atomic E-state index is 5.89. The molecule has 106 valence electrons. The zero-order chi connectivity index (χ0) is 13.9. The maximum Gasteiger partial charge on any atom is 0.208 e. The lowest BCUT2D eigenvalue weighted by molar-refractivity contribution is 0.0531. The minimum absolute atomic E-state index is 0.257. The first-order chi connectivity index (χ1) is 9.70. The number of halogens is 1. The van der Waals surface area contributed by atoms with E-state index in [4.69, 9.17) is 16.3 Å². The van der Waals surface area contributed by atoms with E-state index in [1.54, 1.807) is 11.3 Å². The summed E-state index contributed by atoms with van der Waals surface area (Å²) in [5.74, 6) is 0. The number of hydrogen-bond donors (Lipinski definition) is 0. The third-order valence-corrected chi connectivity index (χ3v) is 4.47. The molecule has 3 rings (SSSR count). The van der Waals surface area contributed by atoms with Crippen LogP contribution in [0.2, 0.25) is 5.02 Å². The average Bonchev–Trinajstić information content (AvgIpc) is 2.90. The molecule has 0 amide bonds. The predicted octanol–water partition coefficient (Wildman–Crippen LogP) is 3.01. The molecule has 0 aliphatic carbocycles. The van der Waals surface area contributed by atoms with Gasteiger partial charge in [-0.1, -0.05) is 35.1 Å². The molecule has 2 heterocycles. The van der Waals surface area contributed by atoms with Crippen LogP contribution in [0.1, 0.15) is 17.5 Å². The number of hydrogen-bond acceptors (Lipinski definition) is 5. The smallest absolute Gasteiger partial charge is 0.208 e. The number of anilines is 1. The van der Waals surface area contributed by atoms with Crippen LogP contribution in [0.3, 0.4) is 0 Å². The number of nitrogens with zero attached hydrogens (tertiary/aromatic N) is 3. The van der Waals surface area contributed by atoms with Gasteiger partial charge in [-0.3, -0.25) is 0 Å². The minimum Gasteiger partial charge on any atom is -0.375 e. The highest BCUT2D eigenvalue weighted by Gasteiger charge is 2.20. The van der Waals surface area contributed by atoms with Crippen LogP contribution in [0.4, 0.5) is 5.13 Å². The van der Waals surface area contributed by atoms with Crippen LogP contribution in [0.25, 0.3) is 0 Å². The molecule has 4 nitrogen and oxygen atoms in total. The van der Waals surface area contributed by atoms with Crippen LogP contribution in [-0.4, -0.2) is 36.0 Å². The molecule has 0 unspecified atom stereocenters. The summed E-state index contributed by atoms with van der Waals surface area (Å²) >= 11 is 7.55. The number of benzene rings is 1. The Balaban J connectivity index is 1.68. The molecule has 1 aliphatic heterocycles. The summed E-state index contributed by atoms with van der Waals surface area (Å²) in [7, 11) is 0. The molecule has 20 heavy (non-hydrogen) atoms. The minimum atomic E-state index is 0.257. The van der Waals surface area contributed by atoms with E-state index in [1.807, 2.05) is 24.3 Å². The molecule has 0 saturated carbocycles. The quantitative estimate of drug-likeness (QED) is 0.873. The van der Waals surface area contributed by atoms with Crippen molar-refractivity contribution in [3.8, 4) is 0 Å². The molecule has 1 saturated heterocycles. The van der Waals surface area contributed by atoms with E-state index >= 15 is 0 Å². The second-order valence-corrected chi connectivity index (χ2v) is 6.39. The van der Waals surface area contributed by atoms with Crippen molar-refractivity contribution in [3.05, 3.63) is 39.9 Å². The molecule has 0 N–H and O–H groups in total. The van der Waals surface area contributed by atoms with Crippen molar-refractivity contribution < 1.29 is 4.74 Å². The van der Waals surface area contributed by atoms with Gasteiger partial charge in [-0.2, -0.15) is 0 Å². The third-order valence-electron chi connectivity index (χ3n) is 3.24. The Morgan fingerprint density at radius 1 is 1.35 bits per heavy atom. The highest BCUT2D eigenvalue weighted by molar-refractivity contribution is 7.15. The zero-order valence-corrected chi connectivity index (χ0v) is 12.8. The van der Waals surface area contributed by atoms with E-state index in [0.29, 0.717) is 0 Å². The van der Waals surface area contributed by atoms with Gasteiger partial charge in [0.25, 0.3) is 0 Å². The van der Waals surface area contributed by atoms with Gasteiger partial charge in [0.2, 0.25) is 5.13 Å². The lowest BCUT2D eigenvalue weighted by Gasteiger charge is -2.30. The van der Waals surface area contributed by atoms with Gasteiger partial charge in [0.15, 0.2) is 0 Å². The molecule has 0 bridgehead atoms. The Bertz CT molecular complexity index is 572. The molecule has 0 radical (unpaired) electrons. The van der Waals surface area contributed by atoms with Crippen LogP contribution < -0.4 is 4.90 Å². The fourth-order valence-electron chi connectivity index (χ4n) is 2.21. The van der Waals surface area contributed by atoms with Crippen molar-refractivity contribution in [3.63, 3.8) is 0 Å². The van der Waals surface area contributed by atoms with Crippen LogP contribution in [0.5, 0.6) is 0 Å². The van der Waals surface area contributed by atoms with Crippen LogP contribution in [0, 0.1) is 0 Å². The molecular formula is C14H16ClN3OS. The Morgan fingerprint density at radius 3 is 2.90 bits per heavy atom. The second-order valence-electron chi connectivity index (χ2n) is 4.91. The van der Waals surface area contributed by atoms with E-state index in [0.717, 1.165) is 41.3 Å². The van der Waals surface area contributed by atoms with E-state index < -0.39 is 0 Å². The lowest BCUT2D eigenvalue weighted by Crippen LogP contribution is -2.41. The van der Waals surface area contributed by atoms with Gasteiger partial charge in [0, 0.05) is 24.5 Å². The maximum atomic E-state index is 5.89. The summed E-state index contributed by atoms with van der Waals surface area (Å²) in [6, 6.07) is 7.87. The topological polar surface area (TPSA) is 38.2 Å². The van der Waals surface area contributed by atoms with E-state index in [-0.39, 0.29) is 6.10 Å². The van der Waals surface area contributed by atoms with Gasteiger partial charge < -0.3 is 9.64 Å². The molecule has 1 aromatic carbocycles. The van der Waals surface area contributed by atoms with Gasteiger partial charge in [-0.15, -0.1) is 10.2 Å². The SMILES string of the molecule is C[C@@H]1CN(c2nnc(Cc3ccc(Cl)cc3)s2)CCO1. The third kappa shape index (κ3) is 3.29. The Morgan fingerprint density at radius 2 is 2.15 bits per heavy atom. The predicted molar refractivity (Wildman–Crippen MR) is 81.8 cm³/mol. The summed E-state index contributed by atoms with van der Waals surface area (Å²) < 4.78 is 5.55. The number of morpholine rings is 1. The summed E-state index contributed by atoms with van der Waals surface area (Å²) in [5.41, 5.74) is 1.20. The largest absolute Gasteiger partial charge is 0.375 e. The molecule has 1 atom stereocenters. The molecule has 0 spiro atoms. The van der Waals surface area contributed by atoms with Crippen LogP contribution in [-0.2, 0) is 11.2 Å². The lowest BCUT2D eigenvalue weighted by atomic mass is 10.2. The van der Waals surface area contributed by atoms with Gasteiger partial charge in [-0.05, 0) is 24.6 Å². The van der Waals surface area contributed by atoms with Crippen molar-refractivity contribution in [2.75, 3.05) is 24.6 Å². The van der Waals surface area contributed by atoms with Gasteiger partial charge in [-0.25, -0.2) is 0 Å². The molecule has 6 heteroatoms. The van der Waals surface area contributed by atoms with Gasteiger partial charge in [0.05, 0.1) is 12.7 Å². The Hall–Kier alpha value is -1.17. The second kappa shape index (κ2) is 6.08. The van der Waals surface area contributed by atoms with E-state index in [1.165, 1.54) is 5.56 Å². The summed E-state index contributed by atoms with van der Waals surface area (Å²) in [5, 5.41) is 11.4. The van der Waals surface area contributed by atoms with Crippen molar-refractivity contribution in [1.82, 2.24) is 10.2 Å².